The molecule has 0 bridgehead atoms. The third-order valence-corrected chi connectivity index (χ3v) is 2.38. The van der Waals surface area contributed by atoms with Crippen molar-refractivity contribution in [3.63, 3.8) is 0 Å². The lowest BCUT2D eigenvalue weighted by atomic mass is 10.2. The van der Waals surface area contributed by atoms with Crippen molar-refractivity contribution in [1.82, 2.24) is 9.97 Å². The molecule has 0 saturated heterocycles. The Balaban J connectivity index is 2.80. The molecule has 15 heavy (non-hydrogen) atoms. The van der Waals surface area contributed by atoms with E-state index in [1.807, 2.05) is 0 Å². The van der Waals surface area contributed by atoms with Crippen molar-refractivity contribution in [2.24, 2.45) is 0 Å². The number of hydrogen-bond donors (Lipinski definition) is 0. The Morgan fingerprint density at radius 3 is 2.47 bits per heavy atom. The lowest BCUT2D eigenvalue weighted by Crippen LogP contribution is -1.95. The molecule has 1 aromatic heterocycles. The van der Waals surface area contributed by atoms with Crippen molar-refractivity contribution >= 4 is 34.1 Å². The van der Waals surface area contributed by atoms with Gasteiger partial charge in [0, 0.05) is 11.5 Å². The molecule has 0 saturated carbocycles. The summed E-state index contributed by atoms with van der Waals surface area (Å²) in [7, 11) is 0. The van der Waals surface area contributed by atoms with Gasteiger partial charge in [-0.25, -0.2) is 18.7 Å². The number of fused-ring (bicyclic) bond motifs is 1. The molecule has 0 fully saturated rings. The van der Waals surface area contributed by atoms with E-state index in [0.717, 1.165) is 12.1 Å². The molecule has 0 aliphatic rings. The second-order valence-electron chi connectivity index (χ2n) is 2.85. The molecule has 0 amide bonds. The van der Waals surface area contributed by atoms with Crippen LogP contribution in [0.15, 0.2) is 12.1 Å². The first-order valence-corrected chi connectivity index (χ1v) is 4.90. The Bertz CT molecular complexity index is 531. The minimum atomic E-state index is -0.980. The van der Waals surface area contributed by atoms with Gasteiger partial charge in [0.1, 0.15) is 11.0 Å². The van der Waals surface area contributed by atoms with Gasteiger partial charge in [-0.1, -0.05) is 11.6 Å². The van der Waals surface area contributed by atoms with Crippen LogP contribution in [0.25, 0.3) is 10.9 Å². The minimum absolute atomic E-state index is 0.0641. The molecular weight excluding hydrogens is 245 g/mol. The first-order valence-electron chi connectivity index (χ1n) is 3.99. The van der Waals surface area contributed by atoms with E-state index in [4.69, 9.17) is 23.2 Å². The van der Waals surface area contributed by atoms with Gasteiger partial charge < -0.3 is 0 Å². The van der Waals surface area contributed by atoms with Gasteiger partial charge in [0.15, 0.2) is 11.6 Å². The molecule has 2 rings (SSSR count). The van der Waals surface area contributed by atoms with Gasteiger partial charge in [0.25, 0.3) is 0 Å². The Kier molecular flexibility index (Phi) is 2.71. The van der Waals surface area contributed by atoms with Crippen molar-refractivity contribution in [2.45, 2.75) is 5.88 Å². The molecule has 0 unspecified atom stereocenters. The van der Waals surface area contributed by atoms with E-state index in [2.05, 4.69) is 9.97 Å². The zero-order chi connectivity index (χ0) is 11.0. The highest BCUT2D eigenvalue weighted by Crippen LogP contribution is 2.23. The lowest BCUT2D eigenvalue weighted by Gasteiger charge is -2.02. The van der Waals surface area contributed by atoms with Gasteiger partial charge in [-0.15, -0.1) is 11.6 Å². The van der Waals surface area contributed by atoms with Crippen LogP contribution in [0.1, 0.15) is 5.82 Å². The summed E-state index contributed by atoms with van der Waals surface area (Å²) >= 11 is 11.3. The maximum atomic E-state index is 12.9. The average Bonchev–Trinajstić information content (AvgIpc) is 2.21. The molecule has 2 aromatic rings. The molecule has 1 aromatic carbocycles. The summed E-state index contributed by atoms with van der Waals surface area (Å²) in [5, 5.41) is 0.332. The smallest absolute Gasteiger partial charge is 0.161 e. The Morgan fingerprint density at radius 1 is 1.13 bits per heavy atom. The average molecular weight is 249 g/mol. The summed E-state index contributed by atoms with van der Waals surface area (Å²) in [5.41, 5.74) is 0.240. The standard InChI is InChI=1S/C9H4Cl2F2N2/c10-3-8-14-7-2-6(13)5(12)1-4(7)9(11)15-8/h1-2H,3H2. The number of alkyl halides is 1. The molecule has 0 spiro atoms. The fourth-order valence-electron chi connectivity index (χ4n) is 1.19. The largest absolute Gasteiger partial charge is 0.231 e. The van der Waals surface area contributed by atoms with Gasteiger partial charge >= 0.3 is 0 Å². The van der Waals surface area contributed by atoms with Gasteiger partial charge in [0.2, 0.25) is 0 Å². The topological polar surface area (TPSA) is 25.8 Å². The van der Waals surface area contributed by atoms with Crippen molar-refractivity contribution < 1.29 is 8.78 Å². The Hall–Kier alpha value is -1.00. The number of hydrogen-bond acceptors (Lipinski definition) is 2. The highest BCUT2D eigenvalue weighted by Gasteiger charge is 2.10. The van der Waals surface area contributed by atoms with Gasteiger partial charge in [-0.2, -0.15) is 0 Å². The highest BCUT2D eigenvalue weighted by molar-refractivity contribution is 6.34. The number of benzene rings is 1. The second-order valence-corrected chi connectivity index (χ2v) is 3.47. The first-order chi connectivity index (χ1) is 7.11. The zero-order valence-corrected chi connectivity index (χ0v) is 8.78. The van der Waals surface area contributed by atoms with E-state index in [0.29, 0.717) is 0 Å². The molecule has 0 atom stereocenters. The van der Waals surface area contributed by atoms with Crippen LogP contribution >= 0.6 is 23.2 Å². The number of nitrogens with zero attached hydrogens (tertiary/aromatic N) is 2. The summed E-state index contributed by atoms with van der Waals surface area (Å²) in [6.07, 6.45) is 0. The summed E-state index contributed by atoms with van der Waals surface area (Å²) in [5.74, 6) is -1.61. The van der Waals surface area contributed by atoms with Crippen LogP contribution < -0.4 is 0 Å². The van der Waals surface area contributed by atoms with Gasteiger partial charge in [-0.3, -0.25) is 0 Å². The van der Waals surface area contributed by atoms with Crippen LogP contribution in [0.3, 0.4) is 0 Å². The van der Waals surface area contributed by atoms with Crippen LogP contribution in [0, 0.1) is 11.6 Å². The maximum absolute atomic E-state index is 12.9. The van der Waals surface area contributed by atoms with Crippen molar-refractivity contribution in [3.8, 4) is 0 Å². The van der Waals surface area contributed by atoms with E-state index in [1.165, 1.54) is 0 Å². The van der Waals surface area contributed by atoms with Crippen LogP contribution in [0.4, 0.5) is 8.78 Å². The number of halogens is 4. The number of rotatable bonds is 1. The van der Waals surface area contributed by atoms with E-state index in [-0.39, 0.29) is 27.8 Å². The van der Waals surface area contributed by atoms with Crippen LogP contribution in [-0.2, 0) is 5.88 Å². The van der Waals surface area contributed by atoms with Crippen molar-refractivity contribution in [1.29, 1.82) is 0 Å². The van der Waals surface area contributed by atoms with Crippen LogP contribution in [-0.4, -0.2) is 9.97 Å². The fourth-order valence-corrected chi connectivity index (χ4v) is 1.56. The third kappa shape index (κ3) is 1.87. The molecule has 0 radical (unpaired) electrons. The monoisotopic (exact) mass is 248 g/mol. The summed E-state index contributed by atoms with van der Waals surface area (Å²) in [6.45, 7) is 0. The van der Waals surface area contributed by atoms with Crippen LogP contribution in [0.2, 0.25) is 5.15 Å². The summed E-state index contributed by atoms with van der Waals surface area (Å²) in [4.78, 5) is 7.75. The lowest BCUT2D eigenvalue weighted by molar-refractivity contribution is 0.510. The van der Waals surface area contributed by atoms with Gasteiger partial charge in [-0.05, 0) is 6.07 Å². The Labute approximate surface area is 93.9 Å². The molecular formula is C9H4Cl2F2N2. The van der Waals surface area contributed by atoms with E-state index >= 15 is 0 Å². The predicted molar refractivity (Wildman–Crippen MR) is 54.0 cm³/mol. The zero-order valence-electron chi connectivity index (χ0n) is 7.27. The van der Waals surface area contributed by atoms with Crippen molar-refractivity contribution in [2.75, 3.05) is 0 Å². The molecule has 6 heteroatoms. The van der Waals surface area contributed by atoms with Crippen molar-refractivity contribution in [3.05, 3.63) is 34.7 Å². The Morgan fingerprint density at radius 2 is 1.80 bits per heavy atom. The van der Waals surface area contributed by atoms with E-state index in [9.17, 15) is 8.78 Å². The molecule has 1 heterocycles. The highest BCUT2D eigenvalue weighted by atomic mass is 35.5. The first kappa shape index (κ1) is 10.5. The molecule has 0 aliphatic carbocycles. The normalized spacial score (nSPS) is 10.9. The molecule has 78 valence electrons. The molecule has 0 N–H and O–H groups in total. The molecule has 0 aliphatic heterocycles. The molecule has 2 nitrogen and oxygen atoms in total. The van der Waals surface area contributed by atoms with E-state index < -0.39 is 11.6 Å². The SMILES string of the molecule is Fc1cc2nc(CCl)nc(Cl)c2cc1F. The predicted octanol–water partition coefficient (Wildman–Crippen LogP) is 3.30. The second kappa shape index (κ2) is 3.87. The summed E-state index contributed by atoms with van der Waals surface area (Å²) < 4.78 is 25.8. The quantitative estimate of drug-likeness (QED) is 0.572. The minimum Gasteiger partial charge on any atom is -0.231 e. The maximum Gasteiger partial charge on any atom is 0.161 e. The van der Waals surface area contributed by atoms with Gasteiger partial charge in [0.05, 0.1) is 11.4 Å². The fraction of sp³-hybridized carbons (Fsp3) is 0.111. The number of aromatic nitrogens is 2. The third-order valence-electron chi connectivity index (χ3n) is 1.86. The van der Waals surface area contributed by atoms with Crippen LogP contribution in [0.5, 0.6) is 0 Å². The summed E-state index contributed by atoms with van der Waals surface area (Å²) in [6, 6.07) is 1.93. The van der Waals surface area contributed by atoms with E-state index in [1.54, 1.807) is 0 Å².